The van der Waals surface area contributed by atoms with Crippen LogP contribution in [0.15, 0.2) is 73.3 Å². The lowest BCUT2D eigenvalue weighted by molar-refractivity contribution is -0.139. The molecule has 2 aromatic carbocycles. The van der Waals surface area contributed by atoms with E-state index in [0.717, 1.165) is 12.8 Å². The average molecular weight is 349 g/mol. The first-order chi connectivity index (χ1) is 12.8. The number of amides is 1. The van der Waals surface area contributed by atoms with Crippen LogP contribution in [0.2, 0.25) is 0 Å². The number of ether oxygens (including phenoxy) is 1. The van der Waals surface area contributed by atoms with Crippen LogP contribution in [0.25, 0.3) is 0 Å². The smallest absolute Gasteiger partial charge is 0.223 e. The molecule has 1 heterocycles. The monoisotopic (exact) mass is 349 g/mol. The Kier molecular flexibility index (Phi) is 6.62. The molecule has 0 aromatic heterocycles. The van der Waals surface area contributed by atoms with Gasteiger partial charge in [0, 0.05) is 25.4 Å². The zero-order valence-electron chi connectivity index (χ0n) is 15.2. The highest BCUT2D eigenvalue weighted by Crippen LogP contribution is 2.30. The lowest BCUT2D eigenvalue weighted by Crippen LogP contribution is -2.46. The number of morpholine rings is 1. The molecule has 0 saturated carbocycles. The molecule has 1 fully saturated rings. The summed E-state index contributed by atoms with van der Waals surface area (Å²) in [6.07, 6.45) is 4.01. The minimum atomic E-state index is 0.0573. The van der Waals surface area contributed by atoms with E-state index in [0.29, 0.717) is 26.1 Å². The van der Waals surface area contributed by atoms with Crippen LogP contribution in [-0.2, 0) is 9.53 Å². The Balaban J connectivity index is 1.72. The number of hydrogen-bond donors (Lipinski definition) is 0. The Bertz CT molecular complexity index is 659. The molecule has 1 atom stereocenters. The van der Waals surface area contributed by atoms with Crippen molar-refractivity contribution in [3.05, 3.63) is 84.4 Å². The van der Waals surface area contributed by atoms with Crippen molar-refractivity contribution >= 4 is 5.91 Å². The van der Waals surface area contributed by atoms with Crippen molar-refractivity contribution in [1.29, 1.82) is 0 Å². The van der Waals surface area contributed by atoms with E-state index < -0.39 is 0 Å². The number of allylic oxidation sites excluding steroid dienone is 1. The van der Waals surface area contributed by atoms with Crippen LogP contribution in [0, 0.1) is 0 Å². The fraction of sp³-hybridized carbons (Fsp3) is 0.348. The summed E-state index contributed by atoms with van der Waals surface area (Å²) in [5.41, 5.74) is 2.58. The van der Waals surface area contributed by atoms with Gasteiger partial charge in [-0.3, -0.25) is 4.79 Å². The summed E-state index contributed by atoms with van der Waals surface area (Å²) in [4.78, 5) is 14.3. The molecular weight excluding hydrogens is 322 g/mol. The van der Waals surface area contributed by atoms with Gasteiger partial charge >= 0.3 is 0 Å². The van der Waals surface area contributed by atoms with Crippen molar-refractivity contribution in [2.24, 2.45) is 0 Å². The molecule has 3 nitrogen and oxygen atoms in total. The Hall–Kier alpha value is -2.39. The number of carbonyl (C=O) groups excluding carboxylic acids is 1. The number of rotatable bonds is 7. The highest BCUT2D eigenvalue weighted by molar-refractivity contribution is 5.76. The quantitative estimate of drug-likeness (QED) is 0.693. The minimum Gasteiger partial charge on any atom is -0.375 e. The van der Waals surface area contributed by atoms with Gasteiger partial charge in [0.2, 0.25) is 5.91 Å². The Morgan fingerprint density at radius 1 is 1.12 bits per heavy atom. The fourth-order valence-electron chi connectivity index (χ4n) is 3.57. The molecular formula is C23H27NO2. The fourth-order valence-corrected chi connectivity index (χ4v) is 3.57. The maximum absolute atomic E-state index is 12.4. The molecule has 0 aliphatic carbocycles. The van der Waals surface area contributed by atoms with Crippen LogP contribution in [-0.4, -0.2) is 36.6 Å². The van der Waals surface area contributed by atoms with Gasteiger partial charge in [0.25, 0.3) is 0 Å². The second kappa shape index (κ2) is 9.35. The highest BCUT2D eigenvalue weighted by Gasteiger charge is 2.27. The summed E-state index contributed by atoms with van der Waals surface area (Å²) in [6, 6.07) is 21.1. The molecule has 1 saturated heterocycles. The Labute approximate surface area is 156 Å². The molecule has 0 bridgehead atoms. The van der Waals surface area contributed by atoms with Crippen molar-refractivity contribution in [2.75, 3.05) is 19.7 Å². The van der Waals surface area contributed by atoms with Crippen molar-refractivity contribution in [2.45, 2.75) is 31.3 Å². The number of nitrogens with zero attached hydrogens (tertiary/aromatic N) is 1. The normalized spacial score (nSPS) is 17.3. The van der Waals surface area contributed by atoms with E-state index in [4.69, 9.17) is 4.74 Å². The van der Waals surface area contributed by atoms with Crippen LogP contribution in [0.1, 0.15) is 36.3 Å². The van der Waals surface area contributed by atoms with E-state index in [1.165, 1.54) is 11.1 Å². The summed E-state index contributed by atoms with van der Waals surface area (Å²) in [7, 11) is 0. The van der Waals surface area contributed by atoms with Crippen LogP contribution in [0.4, 0.5) is 0 Å². The van der Waals surface area contributed by atoms with E-state index in [2.05, 4.69) is 55.1 Å². The molecule has 0 radical (unpaired) electrons. The number of hydrogen-bond acceptors (Lipinski definition) is 2. The van der Waals surface area contributed by atoms with Gasteiger partial charge in [0.05, 0.1) is 12.7 Å². The first-order valence-electron chi connectivity index (χ1n) is 9.38. The molecule has 3 rings (SSSR count). The molecule has 1 aliphatic rings. The number of benzene rings is 2. The van der Waals surface area contributed by atoms with E-state index in [-0.39, 0.29) is 17.9 Å². The van der Waals surface area contributed by atoms with Gasteiger partial charge < -0.3 is 9.64 Å². The third-order valence-electron chi connectivity index (χ3n) is 4.96. The van der Waals surface area contributed by atoms with Gasteiger partial charge in [0.15, 0.2) is 0 Å². The zero-order chi connectivity index (χ0) is 18.2. The van der Waals surface area contributed by atoms with Crippen molar-refractivity contribution in [3.8, 4) is 0 Å². The van der Waals surface area contributed by atoms with Crippen molar-refractivity contribution in [1.82, 2.24) is 4.90 Å². The molecule has 0 unspecified atom stereocenters. The lowest BCUT2D eigenvalue weighted by Gasteiger charge is -2.35. The summed E-state index contributed by atoms with van der Waals surface area (Å²) in [5, 5.41) is 0. The Morgan fingerprint density at radius 3 is 2.31 bits per heavy atom. The van der Waals surface area contributed by atoms with Crippen LogP contribution >= 0.6 is 0 Å². The SMILES string of the molecule is C=CCCC(=O)N1CCO[C@H](CC(c2ccccc2)c2ccccc2)C1. The van der Waals surface area contributed by atoms with E-state index >= 15 is 0 Å². The molecule has 2 aromatic rings. The van der Waals surface area contributed by atoms with E-state index in [9.17, 15) is 4.79 Å². The summed E-state index contributed by atoms with van der Waals surface area (Å²) in [6.45, 7) is 5.68. The third-order valence-corrected chi connectivity index (χ3v) is 4.96. The molecule has 1 aliphatic heterocycles. The molecule has 0 spiro atoms. The van der Waals surface area contributed by atoms with Crippen LogP contribution < -0.4 is 0 Å². The zero-order valence-corrected chi connectivity index (χ0v) is 15.2. The average Bonchev–Trinajstić information content (AvgIpc) is 2.71. The third kappa shape index (κ3) is 4.83. The first kappa shape index (κ1) is 18.4. The maximum atomic E-state index is 12.4. The van der Waals surface area contributed by atoms with Gasteiger partial charge in [-0.2, -0.15) is 0 Å². The van der Waals surface area contributed by atoms with Gasteiger partial charge in [0.1, 0.15) is 0 Å². The maximum Gasteiger partial charge on any atom is 0.223 e. The highest BCUT2D eigenvalue weighted by atomic mass is 16.5. The summed E-state index contributed by atoms with van der Waals surface area (Å²) >= 11 is 0. The van der Waals surface area contributed by atoms with Gasteiger partial charge in [-0.1, -0.05) is 66.7 Å². The minimum absolute atomic E-state index is 0.0573. The molecule has 136 valence electrons. The second-order valence-electron chi connectivity index (χ2n) is 6.77. The summed E-state index contributed by atoms with van der Waals surface area (Å²) < 4.78 is 6.02. The van der Waals surface area contributed by atoms with Crippen LogP contribution in [0.5, 0.6) is 0 Å². The van der Waals surface area contributed by atoms with Gasteiger partial charge in [-0.15, -0.1) is 6.58 Å². The molecule has 1 amide bonds. The lowest BCUT2D eigenvalue weighted by atomic mass is 9.86. The predicted molar refractivity (Wildman–Crippen MR) is 105 cm³/mol. The largest absolute Gasteiger partial charge is 0.375 e. The van der Waals surface area contributed by atoms with Crippen LogP contribution in [0.3, 0.4) is 0 Å². The Morgan fingerprint density at radius 2 is 1.73 bits per heavy atom. The summed E-state index contributed by atoms with van der Waals surface area (Å²) in [5.74, 6) is 0.472. The predicted octanol–water partition coefficient (Wildman–Crippen LogP) is 4.40. The standard InChI is InChI=1S/C23H27NO2/c1-2-3-14-23(25)24-15-16-26-21(18-24)17-22(19-10-6-4-7-11-19)20-12-8-5-9-13-20/h2,4-13,21-22H,1,3,14-18H2/t21-/m1/s1. The second-order valence-corrected chi connectivity index (χ2v) is 6.77. The number of carbonyl (C=O) groups is 1. The molecule has 3 heteroatoms. The van der Waals surface area contributed by atoms with E-state index in [1.54, 1.807) is 6.08 Å². The van der Waals surface area contributed by atoms with E-state index in [1.807, 2.05) is 17.0 Å². The van der Waals surface area contributed by atoms with Crippen molar-refractivity contribution < 1.29 is 9.53 Å². The van der Waals surface area contributed by atoms with Gasteiger partial charge in [-0.25, -0.2) is 0 Å². The van der Waals surface area contributed by atoms with Crippen molar-refractivity contribution in [3.63, 3.8) is 0 Å². The molecule has 26 heavy (non-hydrogen) atoms. The molecule has 0 N–H and O–H groups in total. The topological polar surface area (TPSA) is 29.5 Å². The van der Waals surface area contributed by atoms with Gasteiger partial charge in [-0.05, 0) is 24.0 Å². The first-order valence-corrected chi connectivity index (χ1v) is 9.38.